The van der Waals surface area contributed by atoms with Gasteiger partial charge in [-0.1, -0.05) is 12.1 Å². The third-order valence-corrected chi connectivity index (χ3v) is 4.74. The molecule has 1 fully saturated rings. The molecule has 0 aliphatic carbocycles. The van der Waals surface area contributed by atoms with Crippen LogP contribution in [0.15, 0.2) is 60.9 Å². The van der Waals surface area contributed by atoms with Crippen LogP contribution >= 0.6 is 0 Å². The topological polar surface area (TPSA) is 49.3 Å². The van der Waals surface area contributed by atoms with E-state index in [4.69, 9.17) is 0 Å². The molecule has 2 aromatic carbocycles. The van der Waals surface area contributed by atoms with Gasteiger partial charge in [-0.2, -0.15) is 0 Å². The number of piperazine rings is 1. The second kappa shape index (κ2) is 7.72. The average molecular weight is 380 g/mol. The van der Waals surface area contributed by atoms with Gasteiger partial charge in [-0.3, -0.25) is 4.79 Å². The first kappa shape index (κ1) is 18.0. The summed E-state index contributed by atoms with van der Waals surface area (Å²) in [6.45, 7) is 2.45. The Morgan fingerprint density at radius 3 is 2.18 bits per heavy atom. The molecule has 4 rings (SSSR count). The van der Waals surface area contributed by atoms with Crippen LogP contribution in [0, 0.1) is 11.6 Å². The van der Waals surface area contributed by atoms with Gasteiger partial charge >= 0.3 is 0 Å². The highest BCUT2D eigenvalue weighted by Crippen LogP contribution is 2.19. The van der Waals surface area contributed by atoms with Crippen molar-refractivity contribution in [3.63, 3.8) is 0 Å². The number of nitrogens with zero attached hydrogens (tertiary/aromatic N) is 4. The van der Waals surface area contributed by atoms with Gasteiger partial charge in [-0.25, -0.2) is 18.7 Å². The summed E-state index contributed by atoms with van der Waals surface area (Å²) in [7, 11) is 0. The number of rotatable bonds is 3. The van der Waals surface area contributed by atoms with Crippen molar-refractivity contribution >= 4 is 11.6 Å². The fourth-order valence-electron chi connectivity index (χ4n) is 3.22. The van der Waals surface area contributed by atoms with Crippen molar-refractivity contribution in [1.29, 1.82) is 0 Å². The number of benzene rings is 2. The lowest BCUT2D eigenvalue weighted by molar-refractivity contribution is 0.0746. The van der Waals surface area contributed by atoms with E-state index in [-0.39, 0.29) is 17.5 Å². The molecule has 0 saturated carbocycles. The SMILES string of the molecule is O=C(c1cnc(-c2cccc(F)c2)nc1)N1CCN(c2ccc(F)cc2)CC1. The molecule has 142 valence electrons. The lowest BCUT2D eigenvalue weighted by Crippen LogP contribution is -2.48. The van der Waals surface area contributed by atoms with Crippen LogP contribution < -0.4 is 4.90 Å². The van der Waals surface area contributed by atoms with Crippen molar-refractivity contribution in [3.05, 3.63) is 78.1 Å². The second-order valence-electron chi connectivity index (χ2n) is 6.56. The summed E-state index contributed by atoms with van der Waals surface area (Å²) in [5.41, 5.74) is 1.90. The number of halogens is 2. The molecular formula is C21H18F2N4O. The smallest absolute Gasteiger partial charge is 0.257 e. The van der Waals surface area contributed by atoms with Crippen LogP contribution in [0.1, 0.15) is 10.4 Å². The molecule has 2 heterocycles. The lowest BCUT2D eigenvalue weighted by Gasteiger charge is -2.36. The Hall–Kier alpha value is -3.35. The largest absolute Gasteiger partial charge is 0.368 e. The van der Waals surface area contributed by atoms with E-state index in [1.165, 1.54) is 36.7 Å². The molecule has 1 amide bonds. The molecule has 7 heteroatoms. The van der Waals surface area contributed by atoms with Crippen LogP contribution in [0.25, 0.3) is 11.4 Å². The van der Waals surface area contributed by atoms with Crippen molar-refractivity contribution in [2.75, 3.05) is 31.1 Å². The molecule has 1 saturated heterocycles. The van der Waals surface area contributed by atoms with Gasteiger partial charge in [-0.05, 0) is 36.4 Å². The highest BCUT2D eigenvalue weighted by atomic mass is 19.1. The number of carbonyl (C=O) groups excluding carboxylic acids is 1. The Kier molecular flexibility index (Phi) is 4.97. The molecule has 0 atom stereocenters. The summed E-state index contributed by atoms with van der Waals surface area (Å²) in [5, 5.41) is 0. The van der Waals surface area contributed by atoms with Gasteiger partial charge in [0, 0.05) is 49.8 Å². The highest BCUT2D eigenvalue weighted by Gasteiger charge is 2.23. The molecule has 1 aliphatic heterocycles. The van der Waals surface area contributed by atoms with Gasteiger partial charge in [0.25, 0.3) is 5.91 Å². The first-order valence-corrected chi connectivity index (χ1v) is 8.98. The summed E-state index contributed by atoms with van der Waals surface area (Å²) in [6, 6.07) is 12.4. The Morgan fingerprint density at radius 2 is 1.54 bits per heavy atom. The average Bonchev–Trinajstić information content (AvgIpc) is 2.74. The molecule has 28 heavy (non-hydrogen) atoms. The predicted molar refractivity (Wildman–Crippen MR) is 102 cm³/mol. The van der Waals surface area contributed by atoms with Gasteiger partial charge in [-0.15, -0.1) is 0 Å². The van der Waals surface area contributed by atoms with Crippen LogP contribution in [0.5, 0.6) is 0 Å². The lowest BCUT2D eigenvalue weighted by atomic mass is 10.2. The number of anilines is 1. The first-order valence-electron chi connectivity index (χ1n) is 8.98. The van der Waals surface area contributed by atoms with Crippen LogP contribution in [0.2, 0.25) is 0 Å². The second-order valence-corrected chi connectivity index (χ2v) is 6.56. The summed E-state index contributed by atoms with van der Waals surface area (Å²) in [6.07, 6.45) is 2.95. The summed E-state index contributed by atoms with van der Waals surface area (Å²) < 4.78 is 26.4. The van der Waals surface area contributed by atoms with Crippen molar-refractivity contribution < 1.29 is 13.6 Å². The van der Waals surface area contributed by atoms with Gasteiger partial charge < -0.3 is 9.80 Å². The maximum Gasteiger partial charge on any atom is 0.257 e. The fourth-order valence-corrected chi connectivity index (χ4v) is 3.22. The van der Waals surface area contributed by atoms with Crippen molar-refractivity contribution in [2.45, 2.75) is 0 Å². The molecule has 0 bridgehead atoms. The van der Waals surface area contributed by atoms with E-state index in [1.54, 1.807) is 29.2 Å². The molecule has 0 radical (unpaired) electrons. The van der Waals surface area contributed by atoms with E-state index in [1.807, 2.05) is 0 Å². The highest BCUT2D eigenvalue weighted by molar-refractivity contribution is 5.94. The van der Waals surface area contributed by atoms with Gasteiger partial charge in [0.05, 0.1) is 5.56 Å². The van der Waals surface area contributed by atoms with Crippen molar-refractivity contribution in [3.8, 4) is 11.4 Å². The summed E-state index contributed by atoms with van der Waals surface area (Å²) in [4.78, 5) is 25.0. The van der Waals surface area contributed by atoms with Gasteiger partial charge in [0.1, 0.15) is 11.6 Å². The van der Waals surface area contributed by atoms with Gasteiger partial charge in [0.2, 0.25) is 0 Å². The summed E-state index contributed by atoms with van der Waals surface area (Å²) in [5.74, 6) is -0.388. The number of hydrogen-bond acceptors (Lipinski definition) is 4. The number of aromatic nitrogens is 2. The quantitative estimate of drug-likeness (QED) is 0.699. The van der Waals surface area contributed by atoms with Crippen LogP contribution in [0.4, 0.5) is 14.5 Å². The van der Waals surface area contributed by atoms with E-state index in [9.17, 15) is 13.6 Å². The van der Waals surface area contributed by atoms with E-state index in [0.29, 0.717) is 43.1 Å². The molecule has 0 spiro atoms. The first-order chi connectivity index (χ1) is 13.6. The third-order valence-electron chi connectivity index (χ3n) is 4.74. The van der Waals surface area contributed by atoms with E-state index in [2.05, 4.69) is 14.9 Å². The zero-order chi connectivity index (χ0) is 19.5. The van der Waals surface area contributed by atoms with E-state index < -0.39 is 0 Å². The van der Waals surface area contributed by atoms with E-state index >= 15 is 0 Å². The molecule has 5 nitrogen and oxygen atoms in total. The molecule has 3 aromatic rings. The van der Waals surface area contributed by atoms with Crippen LogP contribution in [-0.2, 0) is 0 Å². The Morgan fingerprint density at radius 1 is 0.857 bits per heavy atom. The monoisotopic (exact) mass is 380 g/mol. The molecule has 0 unspecified atom stereocenters. The Labute approximate surface area is 161 Å². The molecule has 1 aliphatic rings. The minimum absolute atomic E-state index is 0.135. The predicted octanol–water partition coefficient (Wildman–Crippen LogP) is 3.38. The molecule has 0 N–H and O–H groups in total. The van der Waals surface area contributed by atoms with Crippen molar-refractivity contribution in [2.24, 2.45) is 0 Å². The number of hydrogen-bond donors (Lipinski definition) is 0. The zero-order valence-corrected chi connectivity index (χ0v) is 15.1. The van der Waals surface area contributed by atoms with Crippen LogP contribution in [-0.4, -0.2) is 47.0 Å². The maximum absolute atomic E-state index is 13.3. The normalized spacial score (nSPS) is 14.2. The number of carbonyl (C=O) groups is 1. The molecule has 1 aromatic heterocycles. The zero-order valence-electron chi connectivity index (χ0n) is 15.1. The van der Waals surface area contributed by atoms with Gasteiger partial charge in [0.15, 0.2) is 5.82 Å². The summed E-state index contributed by atoms with van der Waals surface area (Å²) >= 11 is 0. The standard InChI is InChI=1S/C21H18F2N4O/c22-17-4-6-19(7-5-17)26-8-10-27(11-9-26)21(28)16-13-24-20(25-14-16)15-2-1-3-18(23)12-15/h1-7,12-14H,8-11H2. The Bertz CT molecular complexity index is 968. The third kappa shape index (κ3) is 3.83. The Balaban J connectivity index is 1.40. The van der Waals surface area contributed by atoms with E-state index in [0.717, 1.165) is 5.69 Å². The fraction of sp³-hybridized carbons (Fsp3) is 0.190. The van der Waals surface area contributed by atoms with Crippen molar-refractivity contribution in [1.82, 2.24) is 14.9 Å². The minimum Gasteiger partial charge on any atom is -0.368 e. The minimum atomic E-state index is -0.361. The van der Waals surface area contributed by atoms with Crippen LogP contribution in [0.3, 0.4) is 0 Å². The maximum atomic E-state index is 13.3. The molecular weight excluding hydrogens is 362 g/mol. The number of amides is 1.